The lowest BCUT2D eigenvalue weighted by Gasteiger charge is -2.10. The van der Waals surface area contributed by atoms with Crippen molar-refractivity contribution < 1.29 is 4.42 Å². The molecule has 0 amide bonds. The summed E-state index contributed by atoms with van der Waals surface area (Å²) in [5.41, 5.74) is 14.4. The largest absolute Gasteiger partial charge is 0.456 e. The average Bonchev–Trinajstić information content (AvgIpc) is 4.02. The SMILES string of the molecule is c1ccc(-n2c3ccccc3c3ccc(-c4ccc5c(c4)c4ccccc4n5-c4ccc5oc6cc(-n7c8ccccc8c8cnccc87)ccc6c5c4)cc32)cc1. The molecule has 0 radical (unpaired) electrons. The number of pyridine rings is 1. The molecular formula is C53H32N4O. The van der Waals surface area contributed by atoms with Crippen LogP contribution in [0.15, 0.2) is 199 Å². The van der Waals surface area contributed by atoms with Crippen LogP contribution in [-0.2, 0) is 0 Å². The van der Waals surface area contributed by atoms with Gasteiger partial charge >= 0.3 is 0 Å². The molecule has 0 unspecified atom stereocenters. The third kappa shape index (κ3) is 4.38. The van der Waals surface area contributed by atoms with Gasteiger partial charge in [-0.25, -0.2) is 0 Å². The predicted octanol–water partition coefficient (Wildman–Crippen LogP) is 13.9. The number of furan rings is 1. The zero-order chi connectivity index (χ0) is 37.9. The first-order chi connectivity index (χ1) is 28.8. The zero-order valence-electron chi connectivity index (χ0n) is 31.2. The molecule has 0 saturated carbocycles. The fourth-order valence-electron chi connectivity index (χ4n) is 9.56. The van der Waals surface area contributed by atoms with E-state index in [1.54, 1.807) is 0 Å². The Balaban J connectivity index is 0.955. The van der Waals surface area contributed by atoms with E-state index in [0.717, 1.165) is 55.4 Å². The second-order valence-corrected chi connectivity index (χ2v) is 15.2. The minimum atomic E-state index is 0.861. The van der Waals surface area contributed by atoms with Crippen molar-refractivity contribution in [1.29, 1.82) is 0 Å². The summed E-state index contributed by atoms with van der Waals surface area (Å²) in [6.07, 6.45) is 3.82. The van der Waals surface area contributed by atoms with Crippen LogP contribution in [0.5, 0.6) is 0 Å². The lowest BCUT2D eigenvalue weighted by atomic mass is 10.0. The molecule has 13 rings (SSSR count). The number of para-hydroxylation sites is 4. The molecule has 13 aromatic rings. The van der Waals surface area contributed by atoms with Gasteiger partial charge in [-0.15, -0.1) is 0 Å². The fraction of sp³-hybridized carbons (Fsp3) is 0. The van der Waals surface area contributed by atoms with Crippen molar-refractivity contribution in [3.05, 3.63) is 194 Å². The van der Waals surface area contributed by atoms with Crippen LogP contribution < -0.4 is 0 Å². The van der Waals surface area contributed by atoms with Crippen molar-refractivity contribution in [3.63, 3.8) is 0 Å². The lowest BCUT2D eigenvalue weighted by molar-refractivity contribution is 0.668. The molecule has 0 N–H and O–H groups in total. The summed E-state index contributed by atoms with van der Waals surface area (Å²) in [5, 5.41) is 9.47. The molecule has 0 aliphatic rings. The molecule has 270 valence electrons. The summed E-state index contributed by atoms with van der Waals surface area (Å²) in [6, 6.07) is 65.7. The third-order valence-corrected chi connectivity index (χ3v) is 12.1. The summed E-state index contributed by atoms with van der Waals surface area (Å²) >= 11 is 0. The van der Waals surface area contributed by atoms with Gasteiger partial charge in [0.15, 0.2) is 0 Å². The van der Waals surface area contributed by atoms with E-state index in [-0.39, 0.29) is 0 Å². The summed E-state index contributed by atoms with van der Waals surface area (Å²) in [6.45, 7) is 0. The quantitative estimate of drug-likeness (QED) is 0.180. The van der Waals surface area contributed by atoms with Gasteiger partial charge in [0.05, 0.1) is 33.1 Å². The Kier molecular flexibility index (Phi) is 6.38. The molecule has 0 bridgehead atoms. The minimum Gasteiger partial charge on any atom is -0.456 e. The molecule has 0 atom stereocenters. The maximum Gasteiger partial charge on any atom is 0.137 e. The van der Waals surface area contributed by atoms with Crippen LogP contribution in [0.1, 0.15) is 0 Å². The molecule has 58 heavy (non-hydrogen) atoms. The smallest absolute Gasteiger partial charge is 0.137 e. The zero-order valence-corrected chi connectivity index (χ0v) is 31.2. The number of benzene rings is 8. The number of fused-ring (bicyclic) bond motifs is 12. The van der Waals surface area contributed by atoms with Crippen molar-refractivity contribution in [2.45, 2.75) is 0 Å². The molecule has 5 heteroatoms. The monoisotopic (exact) mass is 740 g/mol. The molecule has 0 fully saturated rings. The molecule has 8 aromatic carbocycles. The van der Waals surface area contributed by atoms with E-state index in [1.165, 1.54) is 60.1 Å². The van der Waals surface area contributed by atoms with Crippen molar-refractivity contribution in [1.82, 2.24) is 18.7 Å². The van der Waals surface area contributed by atoms with Crippen molar-refractivity contribution in [2.24, 2.45) is 0 Å². The van der Waals surface area contributed by atoms with E-state index >= 15 is 0 Å². The van der Waals surface area contributed by atoms with Crippen molar-refractivity contribution in [2.75, 3.05) is 0 Å². The molecular weight excluding hydrogens is 709 g/mol. The first kappa shape index (κ1) is 31.3. The second kappa shape index (κ2) is 11.8. The standard InChI is InChI=1S/C53H32N4O/c1-2-10-35(11-3-1)55-46-15-7-4-12-38(46)41-22-18-34(29-51(41)55)33-19-24-49-43(28-33)39-13-5-8-16-47(39)56(49)36-21-25-52-44(30-36)42-23-20-37(31-53(42)58-52)57-48-17-9-6-14-40(48)45-32-54-27-26-50(45)57/h1-32H. The molecule has 0 aliphatic heterocycles. The fourth-order valence-corrected chi connectivity index (χ4v) is 9.56. The van der Waals surface area contributed by atoms with Gasteiger partial charge in [-0.05, 0) is 96.1 Å². The highest BCUT2D eigenvalue weighted by molar-refractivity contribution is 6.14. The van der Waals surface area contributed by atoms with E-state index in [1.807, 2.05) is 12.4 Å². The Morgan fingerprint density at radius 1 is 0.310 bits per heavy atom. The maximum atomic E-state index is 6.58. The highest BCUT2D eigenvalue weighted by Crippen LogP contribution is 2.40. The van der Waals surface area contributed by atoms with Crippen LogP contribution in [0.4, 0.5) is 0 Å². The van der Waals surface area contributed by atoms with Crippen LogP contribution in [0.2, 0.25) is 0 Å². The van der Waals surface area contributed by atoms with Gasteiger partial charge in [0.25, 0.3) is 0 Å². The lowest BCUT2D eigenvalue weighted by Crippen LogP contribution is -1.94. The van der Waals surface area contributed by atoms with E-state index < -0.39 is 0 Å². The number of nitrogens with zero attached hydrogens (tertiary/aromatic N) is 4. The highest BCUT2D eigenvalue weighted by atomic mass is 16.3. The van der Waals surface area contributed by atoms with Gasteiger partial charge in [-0.3, -0.25) is 4.98 Å². The molecule has 5 aromatic heterocycles. The summed E-state index contributed by atoms with van der Waals surface area (Å²) < 4.78 is 13.7. The van der Waals surface area contributed by atoms with Gasteiger partial charge in [0.2, 0.25) is 0 Å². The normalized spacial score (nSPS) is 12.1. The van der Waals surface area contributed by atoms with Crippen LogP contribution >= 0.6 is 0 Å². The van der Waals surface area contributed by atoms with Crippen LogP contribution in [-0.4, -0.2) is 18.7 Å². The Hall–Kier alpha value is -7.89. The third-order valence-electron chi connectivity index (χ3n) is 12.1. The molecule has 0 aliphatic carbocycles. The Bertz CT molecular complexity index is 3750. The second-order valence-electron chi connectivity index (χ2n) is 15.2. The topological polar surface area (TPSA) is 40.8 Å². The highest BCUT2D eigenvalue weighted by Gasteiger charge is 2.18. The summed E-state index contributed by atoms with van der Waals surface area (Å²) in [5.74, 6) is 0. The molecule has 5 nitrogen and oxygen atoms in total. The number of rotatable bonds is 4. The first-order valence-corrected chi connectivity index (χ1v) is 19.7. The average molecular weight is 741 g/mol. The Morgan fingerprint density at radius 3 is 1.64 bits per heavy atom. The van der Waals surface area contributed by atoms with Gasteiger partial charge in [-0.1, -0.05) is 91.0 Å². The van der Waals surface area contributed by atoms with Gasteiger partial charge in [-0.2, -0.15) is 0 Å². The minimum absolute atomic E-state index is 0.861. The Labute approximate surface area is 331 Å². The first-order valence-electron chi connectivity index (χ1n) is 19.7. The van der Waals surface area contributed by atoms with Crippen LogP contribution in [0.3, 0.4) is 0 Å². The van der Waals surface area contributed by atoms with Gasteiger partial charge in [0, 0.05) is 78.6 Å². The molecule has 0 saturated heterocycles. The van der Waals surface area contributed by atoms with E-state index in [9.17, 15) is 0 Å². The van der Waals surface area contributed by atoms with Crippen molar-refractivity contribution in [3.8, 4) is 28.2 Å². The van der Waals surface area contributed by atoms with Crippen molar-refractivity contribution >= 4 is 87.4 Å². The summed E-state index contributed by atoms with van der Waals surface area (Å²) in [7, 11) is 0. The van der Waals surface area contributed by atoms with Gasteiger partial charge < -0.3 is 18.1 Å². The molecule has 5 heterocycles. The van der Waals surface area contributed by atoms with Crippen LogP contribution in [0, 0.1) is 0 Å². The van der Waals surface area contributed by atoms with E-state index in [4.69, 9.17) is 4.42 Å². The molecule has 0 spiro atoms. The summed E-state index contributed by atoms with van der Waals surface area (Å²) in [4.78, 5) is 4.43. The number of hydrogen-bond acceptors (Lipinski definition) is 2. The van der Waals surface area contributed by atoms with Crippen LogP contribution in [0.25, 0.3) is 116 Å². The number of aromatic nitrogens is 4. The van der Waals surface area contributed by atoms with E-state index in [2.05, 4.69) is 201 Å². The number of hydrogen-bond donors (Lipinski definition) is 0. The maximum absolute atomic E-state index is 6.58. The predicted molar refractivity (Wildman–Crippen MR) is 240 cm³/mol. The Morgan fingerprint density at radius 2 is 0.862 bits per heavy atom. The van der Waals surface area contributed by atoms with E-state index in [0.29, 0.717) is 0 Å². The van der Waals surface area contributed by atoms with Gasteiger partial charge in [0.1, 0.15) is 11.2 Å².